The summed E-state index contributed by atoms with van der Waals surface area (Å²) in [5, 5.41) is 0.921. The van der Waals surface area contributed by atoms with Crippen molar-refractivity contribution in [3.8, 4) is 16.9 Å². The van der Waals surface area contributed by atoms with Crippen LogP contribution in [-0.2, 0) is 9.53 Å². The van der Waals surface area contributed by atoms with Crippen molar-refractivity contribution in [1.82, 2.24) is 9.91 Å². The van der Waals surface area contributed by atoms with Crippen molar-refractivity contribution in [1.29, 1.82) is 0 Å². The predicted molar refractivity (Wildman–Crippen MR) is 124 cm³/mol. The van der Waals surface area contributed by atoms with Crippen LogP contribution >= 0.6 is 24.0 Å². The van der Waals surface area contributed by atoms with Crippen molar-refractivity contribution in [2.45, 2.75) is 0 Å². The molecule has 2 heterocycles. The van der Waals surface area contributed by atoms with Crippen LogP contribution in [0.15, 0.2) is 41.3 Å². The fraction of sp³-hybridized carbons (Fsp3) is 0.273. The van der Waals surface area contributed by atoms with Gasteiger partial charge in [-0.25, -0.2) is 19.6 Å². The SMILES string of the molecule is NN1C(=O)C(=Cc2cc(-c3ccc(F)c(F)c3)ccc2OCCN2CCOCC2)SC1=S. The Kier molecular flexibility index (Phi) is 7.17. The smallest absolute Gasteiger partial charge is 0.280 e. The zero-order chi connectivity index (χ0) is 22.7. The van der Waals surface area contributed by atoms with E-state index >= 15 is 0 Å². The van der Waals surface area contributed by atoms with Crippen molar-refractivity contribution >= 4 is 40.3 Å². The minimum atomic E-state index is -0.932. The van der Waals surface area contributed by atoms with Gasteiger partial charge in [0.15, 0.2) is 16.0 Å². The van der Waals surface area contributed by atoms with Crippen molar-refractivity contribution < 1.29 is 23.0 Å². The van der Waals surface area contributed by atoms with E-state index in [0.717, 1.165) is 48.5 Å². The first-order valence-electron chi connectivity index (χ1n) is 9.97. The first kappa shape index (κ1) is 22.8. The molecular formula is C22H21F2N3O3S2. The lowest BCUT2D eigenvalue weighted by atomic mass is 10.0. The molecule has 0 aliphatic carbocycles. The molecule has 2 saturated heterocycles. The van der Waals surface area contributed by atoms with Gasteiger partial charge in [-0.2, -0.15) is 0 Å². The van der Waals surface area contributed by atoms with Gasteiger partial charge in [0.2, 0.25) is 0 Å². The third-order valence-corrected chi connectivity index (χ3v) is 6.47. The Morgan fingerprint density at radius 2 is 1.84 bits per heavy atom. The lowest BCUT2D eigenvalue weighted by molar-refractivity contribution is -0.122. The van der Waals surface area contributed by atoms with Crippen LogP contribution in [0.2, 0.25) is 0 Å². The Morgan fingerprint density at radius 3 is 2.53 bits per heavy atom. The van der Waals surface area contributed by atoms with Gasteiger partial charge in [0.1, 0.15) is 12.4 Å². The second-order valence-corrected chi connectivity index (χ2v) is 8.91. The molecule has 4 rings (SSSR count). The predicted octanol–water partition coefficient (Wildman–Crippen LogP) is 3.42. The van der Waals surface area contributed by atoms with E-state index in [1.54, 1.807) is 24.3 Å². The summed E-state index contributed by atoms with van der Waals surface area (Å²) in [6, 6.07) is 8.99. The molecule has 2 aromatic rings. The number of benzene rings is 2. The normalized spacial score (nSPS) is 18.6. The number of hydrazine groups is 1. The summed E-state index contributed by atoms with van der Waals surface area (Å²) in [5.74, 6) is 3.99. The highest BCUT2D eigenvalue weighted by Crippen LogP contribution is 2.34. The molecule has 2 aliphatic heterocycles. The summed E-state index contributed by atoms with van der Waals surface area (Å²) in [6.45, 7) is 4.29. The van der Waals surface area contributed by atoms with Crippen LogP contribution < -0.4 is 10.6 Å². The molecule has 0 saturated carbocycles. The summed E-state index contributed by atoms with van der Waals surface area (Å²) >= 11 is 6.19. The Bertz CT molecular complexity index is 1070. The number of hydrogen-bond donors (Lipinski definition) is 1. The molecule has 0 spiro atoms. The number of nitrogens with two attached hydrogens (primary N) is 1. The van der Waals surface area contributed by atoms with Gasteiger partial charge in [-0.05, 0) is 41.5 Å². The molecular weight excluding hydrogens is 456 g/mol. The Hall–Kier alpha value is -2.37. The van der Waals surface area contributed by atoms with Gasteiger partial charge in [-0.1, -0.05) is 36.1 Å². The molecule has 0 atom stereocenters. The number of thioether (sulfide) groups is 1. The maximum Gasteiger partial charge on any atom is 0.280 e. The van der Waals surface area contributed by atoms with E-state index in [-0.39, 0.29) is 4.32 Å². The van der Waals surface area contributed by atoms with Crippen LogP contribution in [0, 0.1) is 11.6 Å². The van der Waals surface area contributed by atoms with Gasteiger partial charge >= 0.3 is 0 Å². The summed E-state index contributed by atoms with van der Waals surface area (Å²) < 4.78 is 38.7. The standard InChI is InChI=1S/C22H21F2N3O3S2/c23-17-3-1-15(12-18(17)24)14-2-4-19(30-10-7-26-5-8-29-9-6-26)16(11-14)13-20-21(28)27(25)22(31)32-20/h1-4,11-13H,5-10,25H2. The van der Waals surface area contributed by atoms with E-state index in [4.69, 9.17) is 27.5 Å². The van der Waals surface area contributed by atoms with E-state index in [9.17, 15) is 13.6 Å². The number of amides is 1. The highest BCUT2D eigenvalue weighted by atomic mass is 32.2. The molecule has 168 valence electrons. The molecule has 2 aromatic carbocycles. The van der Waals surface area contributed by atoms with Crippen molar-refractivity contribution in [2.24, 2.45) is 5.84 Å². The maximum absolute atomic E-state index is 13.7. The molecule has 0 aromatic heterocycles. The van der Waals surface area contributed by atoms with Crippen molar-refractivity contribution in [3.05, 3.63) is 58.5 Å². The maximum atomic E-state index is 13.7. The fourth-order valence-electron chi connectivity index (χ4n) is 3.38. The van der Waals surface area contributed by atoms with E-state index in [0.29, 0.717) is 47.2 Å². The number of carbonyl (C=O) groups excluding carboxylic acids is 1. The molecule has 1 amide bonds. The summed E-state index contributed by atoms with van der Waals surface area (Å²) in [5.41, 5.74) is 1.77. The van der Waals surface area contributed by atoms with E-state index in [1.165, 1.54) is 6.07 Å². The lowest BCUT2D eigenvalue weighted by Crippen LogP contribution is -2.38. The third kappa shape index (κ3) is 5.16. The number of thiocarbonyl (C=S) groups is 1. The van der Waals surface area contributed by atoms with Crippen LogP contribution in [0.3, 0.4) is 0 Å². The number of nitrogens with zero attached hydrogens (tertiary/aromatic N) is 2. The summed E-state index contributed by atoms with van der Waals surface area (Å²) in [4.78, 5) is 15.0. The Balaban J connectivity index is 1.61. The van der Waals surface area contributed by atoms with E-state index < -0.39 is 17.5 Å². The first-order valence-corrected chi connectivity index (χ1v) is 11.2. The van der Waals surface area contributed by atoms with Crippen LogP contribution in [0.1, 0.15) is 5.56 Å². The first-order chi connectivity index (χ1) is 15.4. The number of halogens is 2. The molecule has 32 heavy (non-hydrogen) atoms. The topological polar surface area (TPSA) is 68.0 Å². The van der Waals surface area contributed by atoms with Gasteiger partial charge in [0, 0.05) is 25.2 Å². The van der Waals surface area contributed by atoms with Gasteiger partial charge in [-0.15, -0.1) is 0 Å². The van der Waals surface area contributed by atoms with Crippen LogP contribution in [0.5, 0.6) is 5.75 Å². The molecule has 2 fully saturated rings. The summed E-state index contributed by atoms with van der Waals surface area (Å²) in [6.07, 6.45) is 1.65. The van der Waals surface area contributed by atoms with Crippen molar-refractivity contribution in [3.63, 3.8) is 0 Å². The van der Waals surface area contributed by atoms with Gasteiger partial charge in [0.25, 0.3) is 5.91 Å². The van der Waals surface area contributed by atoms with Crippen LogP contribution in [-0.4, -0.2) is 59.6 Å². The quantitative estimate of drug-likeness (QED) is 0.296. The monoisotopic (exact) mass is 477 g/mol. The zero-order valence-corrected chi connectivity index (χ0v) is 18.7. The van der Waals surface area contributed by atoms with Gasteiger partial charge < -0.3 is 9.47 Å². The number of ether oxygens (including phenoxy) is 2. The molecule has 0 bridgehead atoms. The molecule has 2 aliphatic rings. The highest BCUT2D eigenvalue weighted by Gasteiger charge is 2.30. The number of hydrogen-bond acceptors (Lipinski definition) is 7. The minimum Gasteiger partial charge on any atom is -0.492 e. The third-order valence-electron chi connectivity index (χ3n) is 5.14. The fourth-order valence-corrected chi connectivity index (χ4v) is 4.47. The van der Waals surface area contributed by atoms with Crippen LogP contribution in [0.4, 0.5) is 8.78 Å². The van der Waals surface area contributed by atoms with E-state index in [2.05, 4.69) is 4.90 Å². The Morgan fingerprint density at radius 1 is 1.12 bits per heavy atom. The lowest BCUT2D eigenvalue weighted by Gasteiger charge is -2.26. The molecule has 0 unspecified atom stereocenters. The zero-order valence-electron chi connectivity index (χ0n) is 17.1. The van der Waals surface area contributed by atoms with Gasteiger partial charge in [0.05, 0.1) is 18.1 Å². The number of carbonyl (C=O) groups is 1. The highest BCUT2D eigenvalue weighted by molar-refractivity contribution is 8.26. The van der Waals surface area contributed by atoms with Crippen LogP contribution in [0.25, 0.3) is 17.2 Å². The summed E-state index contributed by atoms with van der Waals surface area (Å²) in [7, 11) is 0. The van der Waals surface area contributed by atoms with Crippen molar-refractivity contribution in [2.75, 3.05) is 39.5 Å². The average molecular weight is 478 g/mol. The second-order valence-electron chi connectivity index (χ2n) is 7.24. The molecule has 10 heteroatoms. The number of morpholine rings is 1. The Labute approximate surface area is 193 Å². The minimum absolute atomic E-state index is 0.257. The van der Waals surface area contributed by atoms with E-state index in [1.807, 2.05) is 0 Å². The van der Waals surface area contributed by atoms with Gasteiger partial charge in [-0.3, -0.25) is 9.69 Å². The second kappa shape index (κ2) is 10.1. The molecule has 6 nitrogen and oxygen atoms in total. The average Bonchev–Trinajstić information content (AvgIpc) is 3.04. The number of rotatable bonds is 6. The molecule has 2 N–H and O–H groups in total. The molecule has 0 radical (unpaired) electrons. The largest absolute Gasteiger partial charge is 0.492 e.